The van der Waals surface area contributed by atoms with Crippen LogP contribution < -0.4 is 4.90 Å². The summed E-state index contributed by atoms with van der Waals surface area (Å²) in [6.07, 6.45) is 0. The highest BCUT2D eigenvalue weighted by Gasteiger charge is 2.21. The van der Waals surface area contributed by atoms with E-state index < -0.39 is 5.82 Å². The Hall–Kier alpha value is -2.46. The summed E-state index contributed by atoms with van der Waals surface area (Å²) in [5, 5.41) is 1.97. The largest absolute Gasteiger partial charge is 0.303 e. The maximum absolute atomic E-state index is 14.0. The van der Waals surface area contributed by atoms with Gasteiger partial charge in [-0.1, -0.05) is 35.9 Å². The van der Waals surface area contributed by atoms with E-state index >= 15 is 0 Å². The Bertz CT molecular complexity index is 797. The van der Waals surface area contributed by atoms with Crippen molar-refractivity contribution in [2.45, 2.75) is 13.5 Å². The van der Waals surface area contributed by atoms with Crippen molar-refractivity contribution in [3.05, 3.63) is 87.9 Å². The molecule has 0 saturated heterocycles. The quantitative estimate of drug-likeness (QED) is 0.658. The summed E-state index contributed by atoms with van der Waals surface area (Å²) in [7, 11) is 0. The Morgan fingerprint density at radius 3 is 2.43 bits per heavy atom. The van der Waals surface area contributed by atoms with Gasteiger partial charge in [0.05, 0.1) is 12.1 Å². The highest BCUT2D eigenvalue weighted by molar-refractivity contribution is 7.09. The lowest BCUT2D eigenvalue weighted by Gasteiger charge is -2.23. The molecule has 0 spiro atoms. The molecule has 0 radical (unpaired) electrons. The molecule has 0 fully saturated rings. The van der Waals surface area contributed by atoms with E-state index in [1.807, 2.05) is 48.7 Å². The van der Waals surface area contributed by atoms with Crippen molar-refractivity contribution in [2.24, 2.45) is 0 Å². The molecule has 2 nitrogen and oxygen atoms in total. The van der Waals surface area contributed by atoms with Crippen LogP contribution >= 0.6 is 11.3 Å². The number of rotatable bonds is 4. The molecule has 116 valence electrons. The fraction of sp³-hybridized carbons (Fsp3) is 0.105. The van der Waals surface area contributed by atoms with Crippen molar-refractivity contribution < 1.29 is 9.18 Å². The van der Waals surface area contributed by atoms with Crippen LogP contribution in [-0.4, -0.2) is 5.91 Å². The molecule has 3 rings (SSSR count). The molecule has 23 heavy (non-hydrogen) atoms. The van der Waals surface area contributed by atoms with Gasteiger partial charge in [-0.25, -0.2) is 4.39 Å². The molecule has 2 aromatic carbocycles. The maximum Gasteiger partial charge on any atom is 0.261 e. The van der Waals surface area contributed by atoms with E-state index in [2.05, 4.69) is 0 Å². The average Bonchev–Trinajstić information content (AvgIpc) is 3.07. The molecule has 0 atom stereocenters. The van der Waals surface area contributed by atoms with Crippen molar-refractivity contribution in [1.29, 1.82) is 0 Å². The van der Waals surface area contributed by atoms with Crippen LogP contribution in [0, 0.1) is 12.7 Å². The van der Waals surface area contributed by atoms with E-state index in [1.165, 1.54) is 12.1 Å². The third-order valence-corrected chi connectivity index (χ3v) is 4.45. The molecule has 0 saturated carbocycles. The number of nitrogens with zero attached hydrogens (tertiary/aromatic N) is 1. The molecule has 0 bridgehead atoms. The molecule has 0 unspecified atom stereocenters. The number of hydrogen-bond donors (Lipinski definition) is 0. The van der Waals surface area contributed by atoms with Crippen molar-refractivity contribution in [1.82, 2.24) is 0 Å². The number of carbonyl (C=O) groups is 1. The zero-order chi connectivity index (χ0) is 16.2. The van der Waals surface area contributed by atoms with Gasteiger partial charge in [0, 0.05) is 10.6 Å². The van der Waals surface area contributed by atoms with Gasteiger partial charge in [-0.15, -0.1) is 11.3 Å². The van der Waals surface area contributed by atoms with E-state index in [4.69, 9.17) is 0 Å². The highest BCUT2D eigenvalue weighted by Crippen LogP contribution is 2.23. The van der Waals surface area contributed by atoms with E-state index in [1.54, 1.807) is 28.4 Å². The summed E-state index contributed by atoms with van der Waals surface area (Å²) in [4.78, 5) is 15.5. The molecule has 0 N–H and O–H groups in total. The molecule has 0 aliphatic heterocycles. The first-order valence-corrected chi connectivity index (χ1v) is 8.18. The number of aryl methyl sites for hydroxylation is 1. The Labute approximate surface area is 138 Å². The Morgan fingerprint density at radius 2 is 1.78 bits per heavy atom. The van der Waals surface area contributed by atoms with Crippen LogP contribution in [-0.2, 0) is 6.54 Å². The van der Waals surface area contributed by atoms with Crippen molar-refractivity contribution in [2.75, 3.05) is 4.90 Å². The normalized spacial score (nSPS) is 10.5. The average molecular weight is 325 g/mol. The second kappa shape index (κ2) is 6.75. The lowest BCUT2D eigenvalue weighted by Crippen LogP contribution is -2.30. The number of hydrogen-bond acceptors (Lipinski definition) is 2. The van der Waals surface area contributed by atoms with Crippen molar-refractivity contribution in [3.8, 4) is 0 Å². The monoisotopic (exact) mass is 325 g/mol. The first-order chi connectivity index (χ1) is 11.1. The Balaban J connectivity index is 1.99. The van der Waals surface area contributed by atoms with Gasteiger partial charge in [-0.05, 0) is 42.6 Å². The third-order valence-electron chi connectivity index (χ3n) is 3.59. The summed E-state index contributed by atoms with van der Waals surface area (Å²) in [5.41, 5.74) is 1.96. The minimum absolute atomic E-state index is 0.0876. The summed E-state index contributed by atoms with van der Waals surface area (Å²) in [6, 6.07) is 17.7. The SMILES string of the molecule is Cc1ccc(N(Cc2cccs2)C(=O)c2ccccc2F)cc1. The van der Waals surface area contributed by atoms with Gasteiger partial charge in [0.2, 0.25) is 0 Å². The van der Waals surface area contributed by atoms with E-state index in [0.717, 1.165) is 16.1 Å². The second-order valence-corrected chi connectivity index (χ2v) is 6.32. The number of thiophene rings is 1. The molecule has 0 aliphatic rings. The van der Waals surface area contributed by atoms with E-state index in [0.29, 0.717) is 6.54 Å². The predicted octanol–water partition coefficient (Wildman–Crippen LogP) is 5.04. The van der Waals surface area contributed by atoms with Crippen molar-refractivity contribution >= 4 is 22.9 Å². The molecular formula is C19H16FNOS. The first kappa shape index (κ1) is 15.4. The fourth-order valence-electron chi connectivity index (χ4n) is 2.34. The van der Waals surface area contributed by atoms with Gasteiger partial charge in [-0.3, -0.25) is 4.79 Å². The second-order valence-electron chi connectivity index (χ2n) is 5.29. The van der Waals surface area contributed by atoms with Gasteiger partial charge in [0.25, 0.3) is 5.91 Å². The third kappa shape index (κ3) is 3.48. The minimum atomic E-state index is -0.499. The van der Waals surface area contributed by atoms with Gasteiger partial charge < -0.3 is 4.90 Å². The van der Waals surface area contributed by atoms with Crippen LogP contribution in [0.15, 0.2) is 66.0 Å². The minimum Gasteiger partial charge on any atom is -0.303 e. The lowest BCUT2D eigenvalue weighted by molar-refractivity contribution is 0.0981. The smallest absolute Gasteiger partial charge is 0.261 e. The van der Waals surface area contributed by atoms with Gasteiger partial charge in [0.15, 0.2) is 0 Å². The summed E-state index contributed by atoms with van der Waals surface area (Å²) in [6.45, 7) is 2.42. The summed E-state index contributed by atoms with van der Waals surface area (Å²) >= 11 is 1.58. The number of amides is 1. The van der Waals surface area contributed by atoms with Crippen LogP contribution in [0.2, 0.25) is 0 Å². The van der Waals surface area contributed by atoms with Crippen molar-refractivity contribution in [3.63, 3.8) is 0 Å². The first-order valence-electron chi connectivity index (χ1n) is 7.30. The molecular weight excluding hydrogens is 309 g/mol. The number of anilines is 1. The lowest BCUT2D eigenvalue weighted by atomic mass is 10.1. The molecule has 1 aromatic heterocycles. The standard InChI is InChI=1S/C19H16FNOS/c1-14-8-10-15(11-9-14)21(13-16-5-4-12-23-16)19(22)17-6-2-3-7-18(17)20/h2-12H,13H2,1H3. The van der Waals surface area contributed by atoms with Crippen LogP contribution in [0.1, 0.15) is 20.8 Å². The van der Waals surface area contributed by atoms with E-state index in [9.17, 15) is 9.18 Å². The summed E-state index contributed by atoms with van der Waals surface area (Å²) in [5.74, 6) is -0.832. The van der Waals surface area contributed by atoms with Crippen LogP contribution in [0.3, 0.4) is 0 Å². The number of benzene rings is 2. The number of carbonyl (C=O) groups excluding carboxylic acids is 1. The zero-order valence-corrected chi connectivity index (χ0v) is 13.5. The molecule has 4 heteroatoms. The van der Waals surface area contributed by atoms with E-state index in [-0.39, 0.29) is 11.5 Å². The fourth-order valence-corrected chi connectivity index (χ4v) is 3.04. The molecule has 1 amide bonds. The zero-order valence-electron chi connectivity index (χ0n) is 12.7. The highest BCUT2D eigenvalue weighted by atomic mass is 32.1. The van der Waals surface area contributed by atoms with Crippen LogP contribution in [0.4, 0.5) is 10.1 Å². The predicted molar refractivity (Wildman–Crippen MR) is 92.4 cm³/mol. The topological polar surface area (TPSA) is 20.3 Å². The molecule has 1 heterocycles. The molecule has 0 aliphatic carbocycles. The van der Waals surface area contributed by atoms with Gasteiger partial charge in [0.1, 0.15) is 5.82 Å². The van der Waals surface area contributed by atoms with Crippen LogP contribution in [0.5, 0.6) is 0 Å². The van der Waals surface area contributed by atoms with Gasteiger partial charge in [-0.2, -0.15) is 0 Å². The molecule has 3 aromatic rings. The van der Waals surface area contributed by atoms with Crippen LogP contribution in [0.25, 0.3) is 0 Å². The summed E-state index contributed by atoms with van der Waals surface area (Å²) < 4.78 is 14.0. The Kier molecular flexibility index (Phi) is 4.53. The number of halogens is 1. The Morgan fingerprint density at radius 1 is 1.04 bits per heavy atom. The van der Waals surface area contributed by atoms with Gasteiger partial charge >= 0.3 is 0 Å². The maximum atomic E-state index is 14.0.